The van der Waals surface area contributed by atoms with E-state index < -0.39 is 0 Å². The Morgan fingerprint density at radius 2 is 1.94 bits per heavy atom. The van der Waals surface area contributed by atoms with Crippen LogP contribution in [0.5, 0.6) is 0 Å². The fourth-order valence-corrected chi connectivity index (χ4v) is 2.04. The molecule has 0 saturated carbocycles. The highest BCUT2D eigenvalue weighted by Gasteiger charge is 2.21. The first-order chi connectivity index (χ1) is 8.60. The Hall–Kier alpha value is -1.55. The number of carbonyl (C=O) groups excluding carboxylic acids is 1. The zero-order valence-electron chi connectivity index (χ0n) is 11.2. The number of nitrogens with two attached hydrogens (primary N) is 2. The van der Waals surface area contributed by atoms with Gasteiger partial charge in [0.05, 0.1) is 0 Å². The number of primary amides is 1. The molecule has 18 heavy (non-hydrogen) atoms. The van der Waals surface area contributed by atoms with Crippen LogP contribution < -0.4 is 16.4 Å². The number of nitrogens with zero attached hydrogens (tertiary/aromatic N) is 1. The van der Waals surface area contributed by atoms with E-state index in [1.165, 1.54) is 5.56 Å². The van der Waals surface area contributed by atoms with Crippen molar-refractivity contribution in [2.45, 2.75) is 32.7 Å². The zero-order chi connectivity index (χ0) is 13.5. The molecule has 4 nitrogen and oxygen atoms in total. The maximum atomic E-state index is 11.5. The number of hydrogen-bond acceptors (Lipinski definition) is 3. The first-order valence-corrected chi connectivity index (χ1v) is 6.42. The molecule has 1 amide bonds. The number of benzene rings is 1. The van der Waals surface area contributed by atoms with Gasteiger partial charge in [0.25, 0.3) is 0 Å². The SMILES string of the molecule is CCC(C(N)=O)N(CCCN)c1ccc(C)cc1. The molecule has 1 atom stereocenters. The first-order valence-electron chi connectivity index (χ1n) is 6.42. The Balaban J connectivity index is 2.95. The molecule has 1 aromatic rings. The molecule has 0 spiro atoms. The minimum atomic E-state index is -0.282. The Bertz CT molecular complexity index is 375. The summed E-state index contributed by atoms with van der Waals surface area (Å²) in [6.45, 7) is 5.37. The average Bonchev–Trinajstić information content (AvgIpc) is 2.35. The Labute approximate surface area is 109 Å². The van der Waals surface area contributed by atoms with Crippen LogP contribution in [0, 0.1) is 6.92 Å². The van der Waals surface area contributed by atoms with E-state index in [9.17, 15) is 4.79 Å². The van der Waals surface area contributed by atoms with Gasteiger partial charge in [0, 0.05) is 12.2 Å². The lowest BCUT2D eigenvalue weighted by molar-refractivity contribution is -0.119. The lowest BCUT2D eigenvalue weighted by Crippen LogP contribution is -2.45. The molecule has 0 aliphatic rings. The third-order valence-corrected chi connectivity index (χ3v) is 3.06. The monoisotopic (exact) mass is 249 g/mol. The van der Waals surface area contributed by atoms with Crippen molar-refractivity contribution in [2.75, 3.05) is 18.0 Å². The number of anilines is 1. The van der Waals surface area contributed by atoms with Gasteiger partial charge in [0.1, 0.15) is 6.04 Å². The molecule has 0 bridgehead atoms. The van der Waals surface area contributed by atoms with Gasteiger partial charge in [-0.1, -0.05) is 24.6 Å². The average molecular weight is 249 g/mol. The van der Waals surface area contributed by atoms with Gasteiger partial charge >= 0.3 is 0 Å². The van der Waals surface area contributed by atoms with E-state index in [1.807, 2.05) is 38.1 Å². The number of carbonyl (C=O) groups is 1. The smallest absolute Gasteiger partial charge is 0.240 e. The summed E-state index contributed by atoms with van der Waals surface area (Å²) in [5.74, 6) is -0.282. The maximum Gasteiger partial charge on any atom is 0.240 e. The first kappa shape index (κ1) is 14.5. The molecule has 0 saturated heterocycles. The molecular weight excluding hydrogens is 226 g/mol. The highest BCUT2D eigenvalue weighted by Crippen LogP contribution is 2.19. The van der Waals surface area contributed by atoms with Gasteiger partial charge in [0.15, 0.2) is 0 Å². The topological polar surface area (TPSA) is 72.4 Å². The second-order valence-corrected chi connectivity index (χ2v) is 4.50. The van der Waals surface area contributed by atoms with Crippen LogP contribution in [0.1, 0.15) is 25.3 Å². The minimum Gasteiger partial charge on any atom is -0.368 e. The summed E-state index contributed by atoms with van der Waals surface area (Å²) in [5, 5.41) is 0. The van der Waals surface area contributed by atoms with Gasteiger partial charge < -0.3 is 16.4 Å². The summed E-state index contributed by atoms with van der Waals surface area (Å²) in [4.78, 5) is 13.6. The van der Waals surface area contributed by atoms with Crippen molar-refractivity contribution in [2.24, 2.45) is 11.5 Å². The second-order valence-electron chi connectivity index (χ2n) is 4.50. The molecule has 0 heterocycles. The normalized spacial score (nSPS) is 12.2. The highest BCUT2D eigenvalue weighted by atomic mass is 16.1. The van der Waals surface area contributed by atoms with E-state index in [2.05, 4.69) is 4.90 Å². The molecule has 0 aromatic heterocycles. The van der Waals surface area contributed by atoms with Gasteiger partial charge in [0.2, 0.25) is 5.91 Å². The Morgan fingerprint density at radius 1 is 1.33 bits per heavy atom. The van der Waals surface area contributed by atoms with E-state index in [1.54, 1.807) is 0 Å². The van der Waals surface area contributed by atoms with Crippen LogP contribution in [0.4, 0.5) is 5.69 Å². The molecule has 4 heteroatoms. The molecule has 0 aliphatic heterocycles. The predicted molar refractivity (Wildman–Crippen MR) is 75.5 cm³/mol. The Kier molecular flexibility index (Phi) is 5.65. The van der Waals surface area contributed by atoms with Crippen LogP contribution >= 0.6 is 0 Å². The quantitative estimate of drug-likeness (QED) is 0.767. The van der Waals surface area contributed by atoms with Gasteiger partial charge in [-0.3, -0.25) is 4.79 Å². The largest absolute Gasteiger partial charge is 0.368 e. The standard InChI is InChI=1S/C14H23N3O/c1-3-13(14(16)18)17(10-4-9-15)12-7-5-11(2)6-8-12/h5-8,13H,3-4,9-10,15H2,1-2H3,(H2,16,18). The number of hydrogen-bond donors (Lipinski definition) is 2. The molecule has 0 aliphatic carbocycles. The second kappa shape index (κ2) is 7.01. The van der Waals surface area contributed by atoms with Crippen LogP contribution in [-0.2, 0) is 4.79 Å². The fraction of sp³-hybridized carbons (Fsp3) is 0.500. The van der Waals surface area contributed by atoms with E-state index in [4.69, 9.17) is 11.5 Å². The lowest BCUT2D eigenvalue weighted by atomic mass is 10.1. The van der Waals surface area contributed by atoms with Crippen LogP contribution in [0.15, 0.2) is 24.3 Å². The van der Waals surface area contributed by atoms with Gasteiger partial charge in [-0.2, -0.15) is 0 Å². The minimum absolute atomic E-state index is 0.265. The van der Waals surface area contributed by atoms with Crippen molar-refractivity contribution in [3.8, 4) is 0 Å². The molecule has 0 radical (unpaired) electrons. The molecular formula is C14H23N3O. The van der Waals surface area contributed by atoms with Gasteiger partial charge in [-0.25, -0.2) is 0 Å². The third kappa shape index (κ3) is 3.74. The number of aryl methyl sites for hydroxylation is 1. The van der Waals surface area contributed by atoms with Crippen molar-refractivity contribution in [1.82, 2.24) is 0 Å². The zero-order valence-corrected chi connectivity index (χ0v) is 11.2. The maximum absolute atomic E-state index is 11.5. The summed E-state index contributed by atoms with van der Waals surface area (Å²) in [6.07, 6.45) is 1.55. The van der Waals surface area contributed by atoms with Gasteiger partial charge in [-0.05, 0) is 38.4 Å². The van der Waals surface area contributed by atoms with Crippen LogP contribution in [0.2, 0.25) is 0 Å². The van der Waals surface area contributed by atoms with E-state index in [0.717, 1.165) is 18.7 Å². The highest BCUT2D eigenvalue weighted by molar-refractivity contribution is 5.83. The number of rotatable bonds is 7. The van der Waals surface area contributed by atoms with E-state index in [0.29, 0.717) is 13.0 Å². The molecule has 4 N–H and O–H groups in total. The summed E-state index contributed by atoms with van der Waals surface area (Å²) in [7, 11) is 0. The van der Waals surface area contributed by atoms with Crippen molar-refractivity contribution in [3.63, 3.8) is 0 Å². The van der Waals surface area contributed by atoms with Crippen molar-refractivity contribution >= 4 is 11.6 Å². The van der Waals surface area contributed by atoms with Crippen LogP contribution in [0.25, 0.3) is 0 Å². The molecule has 1 aromatic carbocycles. The van der Waals surface area contributed by atoms with E-state index >= 15 is 0 Å². The van der Waals surface area contributed by atoms with Crippen LogP contribution in [-0.4, -0.2) is 25.0 Å². The van der Waals surface area contributed by atoms with Gasteiger partial charge in [-0.15, -0.1) is 0 Å². The lowest BCUT2D eigenvalue weighted by Gasteiger charge is -2.31. The molecule has 1 rings (SSSR count). The summed E-state index contributed by atoms with van der Waals surface area (Å²) >= 11 is 0. The van der Waals surface area contributed by atoms with Crippen molar-refractivity contribution < 1.29 is 4.79 Å². The van der Waals surface area contributed by atoms with E-state index in [-0.39, 0.29) is 11.9 Å². The number of amides is 1. The summed E-state index contributed by atoms with van der Waals surface area (Å²) < 4.78 is 0. The molecule has 1 unspecified atom stereocenters. The fourth-order valence-electron chi connectivity index (χ4n) is 2.04. The van der Waals surface area contributed by atoms with Crippen molar-refractivity contribution in [3.05, 3.63) is 29.8 Å². The summed E-state index contributed by atoms with van der Waals surface area (Å²) in [5.41, 5.74) is 13.3. The summed E-state index contributed by atoms with van der Waals surface area (Å²) in [6, 6.07) is 7.87. The molecule has 100 valence electrons. The van der Waals surface area contributed by atoms with Crippen molar-refractivity contribution in [1.29, 1.82) is 0 Å². The third-order valence-electron chi connectivity index (χ3n) is 3.06. The Morgan fingerprint density at radius 3 is 2.39 bits per heavy atom. The predicted octanol–water partition coefficient (Wildman–Crippen LogP) is 1.41. The van der Waals surface area contributed by atoms with Crippen LogP contribution in [0.3, 0.4) is 0 Å². The molecule has 0 fully saturated rings.